The van der Waals surface area contributed by atoms with Gasteiger partial charge in [0.1, 0.15) is 12.2 Å². The number of likely N-dealkylation sites (tertiary alicyclic amines) is 1. The van der Waals surface area contributed by atoms with E-state index in [1.807, 2.05) is 0 Å². The Balaban J connectivity index is 0.00000294. The molecule has 1 unspecified atom stereocenters. The summed E-state index contributed by atoms with van der Waals surface area (Å²) in [5, 5.41) is 11.9. The molecule has 1 atom stereocenters. The van der Waals surface area contributed by atoms with Gasteiger partial charge in [-0.15, -0.1) is 12.4 Å². The number of hydrogen-bond donors (Lipinski definition) is 1. The van der Waals surface area contributed by atoms with Gasteiger partial charge in [-0.05, 0) is 61.5 Å². The topological polar surface area (TPSA) is 84.7 Å². The minimum Gasteiger partial charge on any atom is -0.460 e. The van der Waals surface area contributed by atoms with Gasteiger partial charge in [-0.25, -0.2) is 13.8 Å². The molecule has 7 nitrogen and oxygen atoms in total. The summed E-state index contributed by atoms with van der Waals surface area (Å²) in [6, 6.07) is 4.03. The van der Waals surface area contributed by atoms with Crippen molar-refractivity contribution in [2.75, 3.05) is 13.1 Å². The highest BCUT2D eigenvalue weighted by Gasteiger charge is 2.40. The van der Waals surface area contributed by atoms with Crippen LogP contribution in [0.1, 0.15) is 61.8 Å². The standard InChI is InChI=1S/C28H29F2N3O4.ClH/c1-3-28(36)11-25(34)37-14-19-20(28)9-24-26-18(13-33(24)27(19)35)17(12-32-6-4-15(2)5-7-32)16-8-21(29)22(30)10-23(16)31-26;/h8-10,15,36H,3-7,11-14H2,1-2H3;1H. The summed E-state index contributed by atoms with van der Waals surface area (Å²) < 4.78 is 35.5. The van der Waals surface area contributed by atoms with Crippen molar-refractivity contribution in [3.8, 4) is 11.4 Å². The Morgan fingerprint density at radius 3 is 2.55 bits per heavy atom. The average molecular weight is 546 g/mol. The Hall–Kier alpha value is -2.88. The van der Waals surface area contributed by atoms with Gasteiger partial charge in [0.25, 0.3) is 5.56 Å². The number of benzene rings is 1. The Kier molecular flexibility index (Phi) is 6.82. The molecule has 0 spiro atoms. The number of ether oxygens (including phenoxy) is 1. The van der Waals surface area contributed by atoms with Crippen LogP contribution in [-0.2, 0) is 34.8 Å². The first-order chi connectivity index (χ1) is 17.7. The lowest BCUT2D eigenvalue weighted by molar-refractivity contribution is -0.149. The number of aliphatic hydroxyl groups is 1. The van der Waals surface area contributed by atoms with Gasteiger partial charge in [0.2, 0.25) is 0 Å². The number of esters is 1. The Bertz CT molecular complexity index is 1520. The van der Waals surface area contributed by atoms with E-state index in [2.05, 4.69) is 11.8 Å². The fraction of sp³-hybridized carbons (Fsp3) is 0.464. The van der Waals surface area contributed by atoms with Crippen molar-refractivity contribution < 1.29 is 23.4 Å². The van der Waals surface area contributed by atoms with Crippen LogP contribution in [0, 0.1) is 17.6 Å². The third kappa shape index (κ3) is 4.21. The number of cyclic esters (lactones) is 1. The molecule has 0 saturated carbocycles. The highest BCUT2D eigenvalue weighted by Crippen LogP contribution is 2.41. The van der Waals surface area contributed by atoms with Gasteiger partial charge in [-0.2, -0.15) is 0 Å². The first-order valence-corrected chi connectivity index (χ1v) is 12.9. The molecule has 0 radical (unpaired) electrons. The number of carbonyl (C=O) groups is 1. The molecule has 1 fully saturated rings. The van der Waals surface area contributed by atoms with Crippen LogP contribution < -0.4 is 5.56 Å². The van der Waals surface area contributed by atoms with Gasteiger partial charge in [0.05, 0.1) is 35.4 Å². The fourth-order valence-corrected chi connectivity index (χ4v) is 5.98. The summed E-state index contributed by atoms with van der Waals surface area (Å²) in [6.07, 6.45) is 2.10. The molecule has 0 aliphatic carbocycles. The average Bonchev–Trinajstić information content (AvgIpc) is 3.17. The zero-order chi connectivity index (χ0) is 26.1. The Morgan fingerprint density at radius 1 is 1.13 bits per heavy atom. The van der Waals surface area contributed by atoms with E-state index in [4.69, 9.17) is 9.72 Å². The van der Waals surface area contributed by atoms with Gasteiger partial charge in [0, 0.05) is 23.6 Å². The van der Waals surface area contributed by atoms with Crippen molar-refractivity contribution in [3.05, 3.63) is 62.4 Å². The maximum atomic E-state index is 14.4. The van der Waals surface area contributed by atoms with Crippen molar-refractivity contribution in [1.29, 1.82) is 0 Å². The molecule has 3 aliphatic rings. The first kappa shape index (κ1) is 26.7. The molecule has 3 aliphatic heterocycles. The molecule has 202 valence electrons. The van der Waals surface area contributed by atoms with Crippen molar-refractivity contribution in [2.24, 2.45) is 5.92 Å². The van der Waals surface area contributed by atoms with Crippen LogP contribution in [0.25, 0.3) is 22.3 Å². The van der Waals surface area contributed by atoms with Crippen LogP contribution in [0.4, 0.5) is 8.78 Å². The third-order valence-corrected chi connectivity index (χ3v) is 8.36. The van der Waals surface area contributed by atoms with Crippen molar-refractivity contribution in [2.45, 2.75) is 64.8 Å². The number of fused-ring (bicyclic) bond motifs is 5. The molecule has 1 saturated heterocycles. The Morgan fingerprint density at radius 2 is 1.84 bits per heavy atom. The minimum absolute atomic E-state index is 0. The fourth-order valence-electron chi connectivity index (χ4n) is 5.98. The van der Waals surface area contributed by atoms with Crippen LogP contribution in [-0.4, -0.2) is 38.6 Å². The van der Waals surface area contributed by atoms with E-state index in [1.54, 1.807) is 17.6 Å². The molecule has 3 aromatic rings. The second-order valence-electron chi connectivity index (χ2n) is 10.7. The zero-order valence-electron chi connectivity index (χ0n) is 21.4. The van der Waals surface area contributed by atoms with Gasteiger partial charge in [-0.3, -0.25) is 14.5 Å². The summed E-state index contributed by atoms with van der Waals surface area (Å²) in [4.78, 5) is 32.9. The summed E-state index contributed by atoms with van der Waals surface area (Å²) >= 11 is 0. The molecule has 10 heteroatoms. The lowest BCUT2D eigenvalue weighted by atomic mass is 9.85. The largest absolute Gasteiger partial charge is 0.460 e. The van der Waals surface area contributed by atoms with Crippen molar-refractivity contribution in [3.63, 3.8) is 0 Å². The maximum absolute atomic E-state index is 14.4. The molecule has 0 bridgehead atoms. The monoisotopic (exact) mass is 545 g/mol. The van der Waals surface area contributed by atoms with Crippen LogP contribution in [0.3, 0.4) is 0 Å². The molecule has 0 amide bonds. The predicted molar refractivity (Wildman–Crippen MR) is 140 cm³/mol. The molecular formula is C28H30ClF2N3O4. The molecule has 5 heterocycles. The van der Waals surface area contributed by atoms with Crippen LogP contribution in [0.5, 0.6) is 0 Å². The van der Waals surface area contributed by atoms with E-state index in [1.165, 1.54) is 6.07 Å². The lowest BCUT2D eigenvalue weighted by Gasteiger charge is -2.31. The zero-order valence-corrected chi connectivity index (χ0v) is 22.2. The number of aromatic nitrogens is 2. The SMILES string of the molecule is CCC1(O)CC(=O)OCc2c1cc1n(c2=O)Cc2c-1nc1cc(F)c(F)cc1c2CN1CCC(C)CC1.Cl. The van der Waals surface area contributed by atoms with Gasteiger partial charge in [0.15, 0.2) is 11.6 Å². The molecular weight excluding hydrogens is 516 g/mol. The minimum atomic E-state index is -1.54. The lowest BCUT2D eigenvalue weighted by Crippen LogP contribution is -2.33. The summed E-state index contributed by atoms with van der Waals surface area (Å²) in [7, 11) is 0. The number of hydrogen-bond acceptors (Lipinski definition) is 6. The quantitative estimate of drug-likeness (QED) is 0.384. The molecule has 1 N–H and O–H groups in total. The highest BCUT2D eigenvalue weighted by molar-refractivity contribution is 5.88. The van der Waals surface area contributed by atoms with E-state index in [9.17, 15) is 23.5 Å². The highest BCUT2D eigenvalue weighted by atomic mass is 35.5. The number of carbonyl (C=O) groups excluding carboxylic acids is 1. The third-order valence-electron chi connectivity index (χ3n) is 8.36. The molecule has 6 rings (SSSR count). The van der Waals surface area contributed by atoms with Crippen molar-refractivity contribution in [1.82, 2.24) is 14.5 Å². The predicted octanol–water partition coefficient (Wildman–Crippen LogP) is 4.40. The Labute approximate surface area is 224 Å². The smallest absolute Gasteiger partial charge is 0.309 e. The summed E-state index contributed by atoms with van der Waals surface area (Å²) in [6.45, 7) is 6.34. The van der Waals surface area contributed by atoms with Crippen molar-refractivity contribution >= 4 is 29.3 Å². The number of rotatable bonds is 3. The van der Waals surface area contributed by atoms with Crippen LogP contribution in [0.15, 0.2) is 23.0 Å². The summed E-state index contributed by atoms with van der Waals surface area (Å²) in [5.74, 6) is -1.83. The van der Waals surface area contributed by atoms with E-state index in [0.29, 0.717) is 40.3 Å². The van der Waals surface area contributed by atoms with Gasteiger partial charge in [-0.1, -0.05) is 13.8 Å². The number of nitrogens with zero attached hydrogens (tertiary/aromatic N) is 3. The molecule has 2 aromatic heterocycles. The number of halogens is 3. The van der Waals surface area contributed by atoms with Crippen LogP contribution >= 0.6 is 12.4 Å². The molecule has 38 heavy (non-hydrogen) atoms. The first-order valence-electron chi connectivity index (χ1n) is 12.9. The van der Waals surface area contributed by atoms with Gasteiger partial charge >= 0.3 is 5.97 Å². The van der Waals surface area contributed by atoms with E-state index < -0.39 is 23.2 Å². The normalized spacial score (nSPS) is 21.3. The summed E-state index contributed by atoms with van der Waals surface area (Å²) in [5.41, 5.74) is 1.69. The van der Waals surface area contributed by atoms with E-state index >= 15 is 0 Å². The maximum Gasteiger partial charge on any atom is 0.309 e. The van der Waals surface area contributed by atoms with Gasteiger partial charge < -0.3 is 14.4 Å². The van der Waals surface area contributed by atoms with E-state index in [0.717, 1.165) is 43.1 Å². The van der Waals surface area contributed by atoms with Crippen LogP contribution in [0.2, 0.25) is 0 Å². The second kappa shape index (κ2) is 9.70. The molecule has 1 aromatic carbocycles. The number of piperidine rings is 1. The van der Waals surface area contributed by atoms with E-state index in [-0.39, 0.29) is 49.5 Å². The second-order valence-corrected chi connectivity index (χ2v) is 10.7. The number of pyridine rings is 2.